The number of carbonyl (C=O) groups is 1. The van der Waals surface area contributed by atoms with Crippen molar-refractivity contribution in [1.29, 1.82) is 0 Å². The average Bonchev–Trinajstić information content (AvgIpc) is 3.16. The Balaban J connectivity index is 1.32. The number of fused-ring (bicyclic) bond motifs is 5. The summed E-state index contributed by atoms with van der Waals surface area (Å²) in [6.07, 6.45) is 17.1. The molecule has 4 aliphatic rings. The van der Waals surface area contributed by atoms with Gasteiger partial charge in [0.2, 0.25) is 0 Å². The molecule has 0 saturated heterocycles. The van der Waals surface area contributed by atoms with E-state index in [-0.39, 0.29) is 16.9 Å². The molecule has 1 aromatic heterocycles. The first-order valence-corrected chi connectivity index (χ1v) is 12.6. The second-order valence-corrected chi connectivity index (χ2v) is 10.9. The van der Waals surface area contributed by atoms with Gasteiger partial charge in [0.05, 0.1) is 6.61 Å². The maximum atomic E-state index is 12.0. The van der Waals surface area contributed by atoms with Crippen molar-refractivity contribution in [2.24, 2.45) is 28.6 Å². The topological polar surface area (TPSA) is 48.4 Å². The number of nitrogens with zero attached hydrogens (tertiary/aromatic N) is 1. The number of hydrogen-bond donors (Lipinski definition) is 0. The Kier molecular flexibility index (Phi) is 5.67. The molecule has 0 N–H and O–H groups in total. The molecule has 5 rings (SSSR count). The molecule has 4 aliphatic carbocycles. The van der Waals surface area contributed by atoms with Crippen LogP contribution in [0.25, 0.3) is 5.57 Å². The van der Waals surface area contributed by atoms with Crippen LogP contribution in [0.15, 0.2) is 42.3 Å². The Labute approximate surface area is 192 Å². The van der Waals surface area contributed by atoms with Crippen molar-refractivity contribution in [3.05, 3.63) is 47.8 Å². The second-order valence-electron chi connectivity index (χ2n) is 10.9. The average molecular weight is 436 g/mol. The molecule has 0 spiro atoms. The Morgan fingerprint density at radius 1 is 1.12 bits per heavy atom. The maximum absolute atomic E-state index is 12.0. The van der Waals surface area contributed by atoms with Crippen molar-refractivity contribution in [3.63, 3.8) is 0 Å². The highest BCUT2D eigenvalue weighted by molar-refractivity contribution is 5.72. The lowest BCUT2D eigenvalue weighted by molar-refractivity contribution is -0.0359. The second kappa shape index (κ2) is 8.35. The number of carbonyl (C=O) groups excluding carboxylic acids is 1. The zero-order chi connectivity index (χ0) is 22.3. The number of pyridine rings is 1. The number of ether oxygens (including phenoxy) is 2. The molecule has 1 aromatic rings. The summed E-state index contributed by atoms with van der Waals surface area (Å²) in [4.78, 5) is 16.4. The highest BCUT2D eigenvalue weighted by Gasteiger charge is 2.57. The van der Waals surface area contributed by atoms with E-state index in [4.69, 9.17) is 9.47 Å². The van der Waals surface area contributed by atoms with Crippen molar-refractivity contribution in [1.82, 2.24) is 4.98 Å². The van der Waals surface area contributed by atoms with Gasteiger partial charge in [0, 0.05) is 18.8 Å². The van der Waals surface area contributed by atoms with Crippen LogP contribution in [-0.4, -0.2) is 23.9 Å². The monoisotopic (exact) mass is 435 g/mol. The largest absolute Gasteiger partial charge is 0.508 e. The SMILES string of the molecule is CCCOC(=O)OC1CCC2(C)C(=CCC3C2CCC2(C)C(c4cccnc4)=CCC32)C1. The Bertz CT molecular complexity index is 922. The molecule has 0 amide bonds. The summed E-state index contributed by atoms with van der Waals surface area (Å²) < 4.78 is 10.8. The van der Waals surface area contributed by atoms with Gasteiger partial charge in [0.25, 0.3) is 0 Å². The molecular weight excluding hydrogens is 398 g/mol. The predicted octanol–water partition coefficient (Wildman–Crippen LogP) is 6.97. The molecule has 1 heterocycles. The lowest BCUT2D eigenvalue weighted by Crippen LogP contribution is -2.50. The molecule has 4 heteroatoms. The molecular formula is C28H37NO3. The van der Waals surface area contributed by atoms with E-state index in [1.165, 1.54) is 36.0 Å². The van der Waals surface area contributed by atoms with E-state index in [1.54, 1.807) is 0 Å². The normalized spacial score (nSPS) is 38.0. The Hall–Kier alpha value is -2.10. The van der Waals surface area contributed by atoms with Gasteiger partial charge >= 0.3 is 6.16 Å². The fraction of sp³-hybridized carbons (Fsp3) is 0.643. The van der Waals surface area contributed by atoms with Crippen molar-refractivity contribution >= 4 is 11.7 Å². The summed E-state index contributed by atoms with van der Waals surface area (Å²) in [5.41, 5.74) is 4.86. The van der Waals surface area contributed by atoms with E-state index >= 15 is 0 Å². The summed E-state index contributed by atoms with van der Waals surface area (Å²) >= 11 is 0. The summed E-state index contributed by atoms with van der Waals surface area (Å²) in [7, 11) is 0. The van der Waals surface area contributed by atoms with Gasteiger partial charge in [-0.05, 0) is 90.7 Å². The number of aromatic nitrogens is 1. The molecule has 0 bridgehead atoms. The molecule has 2 saturated carbocycles. The van der Waals surface area contributed by atoms with Crippen LogP contribution in [0.3, 0.4) is 0 Å². The van der Waals surface area contributed by atoms with Crippen LogP contribution in [0.4, 0.5) is 4.79 Å². The highest BCUT2D eigenvalue weighted by Crippen LogP contribution is 2.66. The molecule has 4 nitrogen and oxygen atoms in total. The fourth-order valence-corrected chi connectivity index (χ4v) is 7.62. The first kappa shape index (κ1) is 21.7. The van der Waals surface area contributed by atoms with Gasteiger partial charge in [-0.3, -0.25) is 4.98 Å². The maximum Gasteiger partial charge on any atom is 0.508 e. The van der Waals surface area contributed by atoms with Gasteiger partial charge in [-0.1, -0.05) is 44.6 Å². The van der Waals surface area contributed by atoms with Gasteiger partial charge in [-0.15, -0.1) is 0 Å². The van der Waals surface area contributed by atoms with Crippen LogP contribution >= 0.6 is 0 Å². The zero-order valence-corrected chi connectivity index (χ0v) is 19.8. The number of hydrogen-bond acceptors (Lipinski definition) is 4. The molecule has 0 aliphatic heterocycles. The minimum Gasteiger partial charge on any atom is -0.434 e. The van der Waals surface area contributed by atoms with Gasteiger partial charge in [-0.25, -0.2) is 4.79 Å². The van der Waals surface area contributed by atoms with Crippen LogP contribution in [0, 0.1) is 28.6 Å². The van der Waals surface area contributed by atoms with Crippen LogP contribution < -0.4 is 0 Å². The summed E-state index contributed by atoms with van der Waals surface area (Å²) in [5.74, 6) is 2.18. The zero-order valence-electron chi connectivity index (χ0n) is 19.8. The Morgan fingerprint density at radius 2 is 1.97 bits per heavy atom. The molecule has 0 aromatic carbocycles. The predicted molar refractivity (Wildman–Crippen MR) is 126 cm³/mol. The van der Waals surface area contributed by atoms with Crippen molar-refractivity contribution in [2.75, 3.05) is 6.61 Å². The van der Waals surface area contributed by atoms with E-state index in [2.05, 4.69) is 43.1 Å². The first-order chi connectivity index (χ1) is 15.5. The van der Waals surface area contributed by atoms with Crippen LogP contribution in [0.5, 0.6) is 0 Å². The number of allylic oxidation sites excluding steroid dienone is 3. The standard InChI is InChI=1S/C28H37NO3/c1-4-16-31-26(30)32-21-11-13-27(2)20(17-21)7-8-22-24-10-9-23(19-6-5-15-29-18-19)28(24,3)14-12-25(22)27/h5-7,9,15,18,21-22,24-25H,4,8,10-14,16-17H2,1-3H3. The van der Waals surface area contributed by atoms with Crippen LogP contribution in [-0.2, 0) is 9.47 Å². The minimum absolute atomic E-state index is 0.0329. The molecule has 0 radical (unpaired) electrons. The summed E-state index contributed by atoms with van der Waals surface area (Å²) in [5, 5.41) is 0. The van der Waals surface area contributed by atoms with Gasteiger partial charge < -0.3 is 9.47 Å². The smallest absolute Gasteiger partial charge is 0.434 e. The quantitative estimate of drug-likeness (QED) is 0.378. The third kappa shape index (κ3) is 3.50. The van der Waals surface area contributed by atoms with Gasteiger partial charge in [0.15, 0.2) is 0 Å². The molecule has 6 unspecified atom stereocenters. The van der Waals surface area contributed by atoms with Gasteiger partial charge in [0.1, 0.15) is 6.10 Å². The van der Waals surface area contributed by atoms with Crippen molar-refractivity contribution in [3.8, 4) is 0 Å². The number of rotatable bonds is 4. The lowest BCUT2D eigenvalue weighted by atomic mass is 9.47. The molecule has 2 fully saturated rings. The van der Waals surface area contributed by atoms with Gasteiger partial charge in [-0.2, -0.15) is 0 Å². The first-order valence-electron chi connectivity index (χ1n) is 12.6. The fourth-order valence-electron chi connectivity index (χ4n) is 7.62. The van der Waals surface area contributed by atoms with Crippen LogP contribution in [0.2, 0.25) is 0 Å². The Morgan fingerprint density at radius 3 is 2.75 bits per heavy atom. The molecule has 32 heavy (non-hydrogen) atoms. The summed E-state index contributed by atoms with van der Waals surface area (Å²) in [6.45, 7) is 7.44. The van der Waals surface area contributed by atoms with Crippen molar-refractivity contribution in [2.45, 2.75) is 78.2 Å². The third-order valence-corrected chi connectivity index (χ3v) is 9.30. The molecule has 6 atom stereocenters. The molecule has 172 valence electrons. The van der Waals surface area contributed by atoms with Crippen LogP contribution in [0.1, 0.15) is 77.7 Å². The highest BCUT2D eigenvalue weighted by atomic mass is 16.7. The summed E-state index contributed by atoms with van der Waals surface area (Å²) in [6, 6.07) is 4.29. The van der Waals surface area contributed by atoms with E-state index in [9.17, 15) is 4.79 Å². The van der Waals surface area contributed by atoms with E-state index in [0.29, 0.717) is 12.5 Å². The van der Waals surface area contributed by atoms with E-state index < -0.39 is 6.16 Å². The minimum atomic E-state index is -0.497. The third-order valence-electron chi connectivity index (χ3n) is 9.30. The van der Waals surface area contributed by atoms with E-state index in [0.717, 1.165) is 43.9 Å². The lowest BCUT2D eigenvalue weighted by Gasteiger charge is -2.57. The van der Waals surface area contributed by atoms with E-state index in [1.807, 2.05) is 19.3 Å². The van der Waals surface area contributed by atoms with Crippen molar-refractivity contribution < 1.29 is 14.3 Å².